The van der Waals surface area contributed by atoms with Gasteiger partial charge in [0.1, 0.15) is 0 Å². The Hall–Kier alpha value is -0.520. The van der Waals surface area contributed by atoms with Crippen molar-refractivity contribution in [1.82, 2.24) is 4.90 Å². The number of hydrogen-bond donors (Lipinski definition) is 0. The molecule has 0 aromatic rings. The van der Waals surface area contributed by atoms with E-state index >= 15 is 0 Å². The van der Waals surface area contributed by atoms with Gasteiger partial charge in [0, 0.05) is 13.7 Å². The number of ether oxygens (including phenoxy) is 1. The van der Waals surface area contributed by atoms with Gasteiger partial charge in [-0.25, -0.2) is 0 Å². The predicted molar refractivity (Wildman–Crippen MR) is 63.5 cm³/mol. The number of amidine groups is 1. The van der Waals surface area contributed by atoms with E-state index in [1.165, 1.54) is 12.0 Å². The molecule has 1 amide bonds. The molecule has 1 heterocycles. The molecule has 92 valence electrons. The van der Waals surface area contributed by atoms with Crippen molar-refractivity contribution >= 4 is 30.0 Å². The first-order chi connectivity index (χ1) is 7.47. The molecule has 2 unspecified atom stereocenters. The third-order valence-electron chi connectivity index (χ3n) is 2.11. The van der Waals surface area contributed by atoms with Crippen LogP contribution in [0.15, 0.2) is 4.76 Å². The average molecular weight is 266 g/mol. The quantitative estimate of drug-likeness (QED) is 0.725. The summed E-state index contributed by atoms with van der Waals surface area (Å²) in [6, 6.07) is 0.0829. The Bertz CT molecular complexity index is 352. The van der Waals surface area contributed by atoms with Gasteiger partial charge in [-0.2, -0.15) is 0 Å². The van der Waals surface area contributed by atoms with E-state index in [4.69, 9.17) is 9.26 Å². The van der Waals surface area contributed by atoms with Crippen LogP contribution in [0.4, 0.5) is 0 Å². The van der Waals surface area contributed by atoms with E-state index in [-0.39, 0.29) is 11.9 Å². The molecule has 0 saturated carbocycles. The predicted octanol–water partition coefficient (Wildman–Crippen LogP) is 1.73. The molecule has 0 radical (unpaired) electrons. The summed E-state index contributed by atoms with van der Waals surface area (Å²) in [4.78, 5) is 12.9. The molecule has 1 saturated heterocycles. The minimum atomic E-state index is -3.15. The van der Waals surface area contributed by atoms with Crippen LogP contribution in [0.1, 0.15) is 13.8 Å². The summed E-state index contributed by atoms with van der Waals surface area (Å²) >= 11 is 1.00. The van der Waals surface area contributed by atoms with E-state index in [9.17, 15) is 9.36 Å². The molecule has 1 rings (SSSR count). The fourth-order valence-corrected chi connectivity index (χ4v) is 2.79. The standard InChI is InChI=1S/C8H15N2O4PS/c1-5-10-7(11)6(2)14-8(10)9-15(12,13-3)16-4/h6H,5H2,1-4H3/b9-8-. The second-order valence-corrected chi connectivity index (χ2v) is 7.41. The zero-order chi connectivity index (χ0) is 12.3. The molecule has 1 fully saturated rings. The van der Waals surface area contributed by atoms with Crippen LogP contribution in [-0.2, 0) is 18.6 Å². The first-order valence-electron chi connectivity index (χ1n) is 4.77. The number of carbonyl (C=O) groups excluding carboxylic acids is 1. The lowest BCUT2D eigenvalue weighted by molar-refractivity contribution is -0.128. The molecule has 6 nitrogen and oxygen atoms in total. The second-order valence-electron chi connectivity index (χ2n) is 3.06. The molecule has 0 aromatic carbocycles. The maximum atomic E-state index is 11.9. The van der Waals surface area contributed by atoms with Gasteiger partial charge in [0.25, 0.3) is 5.91 Å². The van der Waals surface area contributed by atoms with Gasteiger partial charge in [0.2, 0.25) is 0 Å². The minimum Gasteiger partial charge on any atom is -0.451 e. The monoisotopic (exact) mass is 266 g/mol. The highest BCUT2D eigenvalue weighted by Gasteiger charge is 2.37. The van der Waals surface area contributed by atoms with Crippen molar-refractivity contribution in [1.29, 1.82) is 0 Å². The number of amides is 1. The lowest BCUT2D eigenvalue weighted by Crippen LogP contribution is -2.31. The first kappa shape index (κ1) is 13.5. The summed E-state index contributed by atoms with van der Waals surface area (Å²) in [7, 11) is 1.32. The first-order valence-corrected chi connectivity index (χ1v) is 8.18. The zero-order valence-corrected chi connectivity index (χ0v) is 11.4. The molecular weight excluding hydrogens is 251 g/mol. The lowest BCUT2D eigenvalue weighted by Gasteiger charge is -2.13. The fourth-order valence-electron chi connectivity index (χ4n) is 1.22. The number of carbonyl (C=O) groups is 1. The molecule has 0 bridgehead atoms. The number of likely N-dealkylation sites (N-methyl/N-ethyl adjacent to an activating group) is 1. The van der Waals surface area contributed by atoms with Crippen LogP contribution in [0, 0.1) is 0 Å². The lowest BCUT2D eigenvalue weighted by atomic mass is 10.4. The Morgan fingerprint density at radius 3 is 2.75 bits per heavy atom. The maximum absolute atomic E-state index is 11.9. The van der Waals surface area contributed by atoms with Crippen LogP contribution >= 0.6 is 18.1 Å². The number of hydrogen-bond acceptors (Lipinski definition) is 5. The number of nitrogens with zero attached hydrogens (tertiary/aromatic N) is 2. The SMILES string of the molecule is CCN1C(=O)C(C)O/C1=N\P(=O)(OC)SC. The van der Waals surface area contributed by atoms with Crippen molar-refractivity contribution in [2.45, 2.75) is 20.0 Å². The van der Waals surface area contributed by atoms with Crippen molar-refractivity contribution < 1.29 is 18.6 Å². The van der Waals surface area contributed by atoms with Gasteiger partial charge in [-0.1, -0.05) is 0 Å². The maximum Gasteiger partial charge on any atom is 0.375 e. The Kier molecular flexibility index (Phi) is 4.41. The normalized spacial score (nSPS) is 27.0. The van der Waals surface area contributed by atoms with Crippen LogP contribution < -0.4 is 0 Å². The molecule has 8 heteroatoms. The topological polar surface area (TPSA) is 68.2 Å². The molecule has 16 heavy (non-hydrogen) atoms. The fraction of sp³-hybridized carbons (Fsp3) is 0.750. The molecule has 1 aliphatic rings. The average Bonchev–Trinajstić information content (AvgIpc) is 2.54. The minimum absolute atomic E-state index is 0.0829. The van der Waals surface area contributed by atoms with Crippen molar-refractivity contribution in [3.63, 3.8) is 0 Å². The van der Waals surface area contributed by atoms with Crippen molar-refractivity contribution in [2.75, 3.05) is 19.9 Å². The summed E-state index contributed by atoms with van der Waals surface area (Å²) in [5, 5.41) is 0. The summed E-state index contributed by atoms with van der Waals surface area (Å²) in [5.41, 5.74) is 0. The van der Waals surface area contributed by atoms with Crippen LogP contribution in [-0.4, -0.2) is 42.8 Å². The molecule has 0 aromatic heterocycles. The van der Waals surface area contributed by atoms with Crippen LogP contribution in [0.5, 0.6) is 0 Å². The van der Waals surface area contributed by atoms with E-state index in [0.717, 1.165) is 11.4 Å². The van der Waals surface area contributed by atoms with Gasteiger partial charge in [0.15, 0.2) is 6.10 Å². The number of rotatable bonds is 4. The summed E-state index contributed by atoms with van der Waals surface area (Å²) in [6.45, 7) is 0.709. The Labute approximate surface area is 98.6 Å². The second kappa shape index (κ2) is 5.21. The highest BCUT2D eigenvalue weighted by Crippen LogP contribution is 2.59. The van der Waals surface area contributed by atoms with E-state index in [0.29, 0.717) is 6.54 Å². The van der Waals surface area contributed by atoms with Gasteiger partial charge >= 0.3 is 12.7 Å². The highest BCUT2D eigenvalue weighted by molar-refractivity contribution is 8.55. The van der Waals surface area contributed by atoms with E-state index < -0.39 is 12.8 Å². The van der Waals surface area contributed by atoms with Gasteiger partial charge in [-0.3, -0.25) is 14.3 Å². The van der Waals surface area contributed by atoms with Crippen LogP contribution in [0.3, 0.4) is 0 Å². The molecule has 2 atom stereocenters. The highest BCUT2D eigenvalue weighted by atomic mass is 32.7. The molecule has 1 aliphatic heterocycles. The van der Waals surface area contributed by atoms with Crippen molar-refractivity contribution in [3.05, 3.63) is 0 Å². The molecule has 0 spiro atoms. The van der Waals surface area contributed by atoms with Gasteiger partial charge < -0.3 is 9.26 Å². The van der Waals surface area contributed by atoms with E-state index in [1.54, 1.807) is 20.1 Å². The molecule has 0 aliphatic carbocycles. The largest absolute Gasteiger partial charge is 0.451 e. The molecule has 0 N–H and O–H groups in total. The third kappa shape index (κ3) is 2.59. The third-order valence-corrected chi connectivity index (χ3v) is 5.53. The summed E-state index contributed by atoms with van der Waals surface area (Å²) < 4.78 is 25.9. The van der Waals surface area contributed by atoms with Crippen LogP contribution in [0.25, 0.3) is 0 Å². The van der Waals surface area contributed by atoms with Gasteiger partial charge in [-0.15, -0.1) is 4.76 Å². The zero-order valence-electron chi connectivity index (χ0n) is 9.67. The Morgan fingerprint density at radius 2 is 2.31 bits per heavy atom. The van der Waals surface area contributed by atoms with Crippen molar-refractivity contribution in [2.24, 2.45) is 4.76 Å². The Balaban J connectivity index is 3.00. The van der Waals surface area contributed by atoms with E-state index in [2.05, 4.69) is 4.76 Å². The van der Waals surface area contributed by atoms with Crippen molar-refractivity contribution in [3.8, 4) is 0 Å². The van der Waals surface area contributed by atoms with Gasteiger partial charge in [-0.05, 0) is 31.5 Å². The molecular formula is C8H15N2O4PS. The van der Waals surface area contributed by atoms with Crippen LogP contribution in [0.2, 0.25) is 0 Å². The van der Waals surface area contributed by atoms with E-state index in [1.807, 2.05) is 0 Å². The smallest absolute Gasteiger partial charge is 0.375 e. The summed E-state index contributed by atoms with van der Waals surface area (Å²) in [6.07, 6.45) is 1.05. The Morgan fingerprint density at radius 1 is 1.69 bits per heavy atom. The summed E-state index contributed by atoms with van der Waals surface area (Å²) in [5.74, 6) is -0.176. The van der Waals surface area contributed by atoms with Gasteiger partial charge in [0.05, 0.1) is 0 Å².